The topological polar surface area (TPSA) is 54.0 Å². The van der Waals surface area contributed by atoms with E-state index in [0.29, 0.717) is 18.1 Å². The van der Waals surface area contributed by atoms with Gasteiger partial charge in [-0.25, -0.2) is 4.79 Å². The molecule has 5 heteroatoms. The molecule has 0 spiro atoms. The zero-order valence-electron chi connectivity index (χ0n) is 14.2. The number of esters is 1. The fourth-order valence-electron chi connectivity index (χ4n) is 1.98. The summed E-state index contributed by atoms with van der Waals surface area (Å²) in [6.45, 7) is 4.21. The van der Waals surface area contributed by atoms with E-state index in [1.165, 1.54) is 7.11 Å². The molecule has 0 aromatic heterocycles. The monoisotopic (exact) mass is 330 g/mol. The molecule has 0 atom stereocenters. The van der Waals surface area contributed by atoms with E-state index in [0.717, 1.165) is 11.3 Å². The molecule has 2 aromatic rings. The number of benzene rings is 2. The molecule has 24 heavy (non-hydrogen) atoms. The Kier molecular flexibility index (Phi) is 6.49. The Balaban J connectivity index is 1.95. The number of ether oxygens (including phenoxy) is 4. The summed E-state index contributed by atoms with van der Waals surface area (Å²) in [6.07, 6.45) is 0.144. The summed E-state index contributed by atoms with van der Waals surface area (Å²) in [5, 5.41) is 0. The molecule has 0 amide bonds. The van der Waals surface area contributed by atoms with E-state index in [-0.39, 0.29) is 12.7 Å². The van der Waals surface area contributed by atoms with E-state index < -0.39 is 5.97 Å². The minimum Gasteiger partial charge on any atom is -0.491 e. The van der Waals surface area contributed by atoms with Crippen molar-refractivity contribution >= 4 is 5.97 Å². The minimum atomic E-state index is -0.439. The van der Waals surface area contributed by atoms with Crippen LogP contribution in [0.3, 0.4) is 0 Å². The van der Waals surface area contributed by atoms with Gasteiger partial charge in [-0.15, -0.1) is 0 Å². The smallest absolute Gasteiger partial charge is 0.343 e. The molecule has 0 saturated heterocycles. The average Bonchev–Trinajstić information content (AvgIpc) is 2.59. The summed E-state index contributed by atoms with van der Waals surface area (Å²) in [6, 6.07) is 14.9. The molecule has 2 rings (SSSR count). The van der Waals surface area contributed by atoms with Gasteiger partial charge in [-0.2, -0.15) is 0 Å². The van der Waals surface area contributed by atoms with E-state index in [4.69, 9.17) is 14.2 Å². The van der Waals surface area contributed by atoms with Crippen LogP contribution in [0.1, 0.15) is 19.4 Å². The van der Waals surface area contributed by atoms with Crippen LogP contribution < -0.4 is 14.2 Å². The van der Waals surface area contributed by atoms with Gasteiger partial charge in [0.05, 0.1) is 13.2 Å². The van der Waals surface area contributed by atoms with Crippen molar-refractivity contribution in [2.24, 2.45) is 0 Å². The molecule has 0 radical (unpaired) electrons. The Morgan fingerprint density at radius 2 is 1.58 bits per heavy atom. The Morgan fingerprint density at radius 1 is 0.958 bits per heavy atom. The second kappa shape index (κ2) is 8.82. The molecule has 2 aromatic carbocycles. The first-order valence-corrected chi connectivity index (χ1v) is 7.75. The van der Waals surface area contributed by atoms with Crippen LogP contribution in [0, 0.1) is 0 Å². The standard InChI is InChI=1S/C19H22O5/c1-14(2)24-16-10-8-15(9-11-16)12-22-17-6-4-5-7-18(17)23-13-19(20)21-3/h4-11,14H,12-13H2,1-3H3. The van der Waals surface area contributed by atoms with Crippen molar-refractivity contribution in [3.8, 4) is 17.2 Å². The largest absolute Gasteiger partial charge is 0.491 e. The Bertz CT molecular complexity index is 649. The molecular formula is C19H22O5. The number of rotatable bonds is 8. The summed E-state index contributed by atoms with van der Waals surface area (Å²) in [4.78, 5) is 11.2. The van der Waals surface area contributed by atoms with Gasteiger partial charge in [0.1, 0.15) is 12.4 Å². The molecule has 128 valence electrons. The van der Waals surface area contributed by atoms with Crippen LogP contribution in [0.2, 0.25) is 0 Å². The summed E-state index contributed by atoms with van der Waals surface area (Å²) < 4.78 is 21.4. The quantitative estimate of drug-likeness (QED) is 0.692. The lowest BCUT2D eigenvalue weighted by atomic mass is 10.2. The first-order chi connectivity index (χ1) is 11.6. The number of carbonyl (C=O) groups is 1. The van der Waals surface area contributed by atoms with Crippen molar-refractivity contribution < 1.29 is 23.7 Å². The minimum absolute atomic E-state index is 0.144. The van der Waals surface area contributed by atoms with Crippen molar-refractivity contribution in [1.82, 2.24) is 0 Å². The highest BCUT2D eigenvalue weighted by Gasteiger charge is 2.08. The molecule has 0 fully saturated rings. The van der Waals surface area contributed by atoms with Gasteiger partial charge in [0.15, 0.2) is 18.1 Å². The van der Waals surface area contributed by atoms with Gasteiger partial charge in [0.25, 0.3) is 0 Å². The van der Waals surface area contributed by atoms with Gasteiger partial charge in [-0.05, 0) is 43.7 Å². The molecular weight excluding hydrogens is 308 g/mol. The fraction of sp³-hybridized carbons (Fsp3) is 0.316. The summed E-state index contributed by atoms with van der Waals surface area (Å²) >= 11 is 0. The second-order valence-electron chi connectivity index (χ2n) is 5.41. The zero-order chi connectivity index (χ0) is 17.4. The van der Waals surface area contributed by atoms with Crippen LogP contribution in [-0.4, -0.2) is 25.8 Å². The molecule has 0 aliphatic heterocycles. The number of hydrogen-bond acceptors (Lipinski definition) is 5. The first kappa shape index (κ1) is 17.7. The van der Waals surface area contributed by atoms with E-state index in [9.17, 15) is 4.79 Å². The maximum Gasteiger partial charge on any atom is 0.343 e. The highest BCUT2D eigenvalue weighted by Crippen LogP contribution is 2.27. The maximum atomic E-state index is 11.2. The van der Waals surface area contributed by atoms with E-state index in [1.54, 1.807) is 12.1 Å². The van der Waals surface area contributed by atoms with Crippen LogP contribution in [-0.2, 0) is 16.1 Å². The Labute approximate surface area is 142 Å². The second-order valence-corrected chi connectivity index (χ2v) is 5.41. The predicted octanol–water partition coefficient (Wildman–Crippen LogP) is 3.60. The normalized spacial score (nSPS) is 10.3. The Morgan fingerprint density at radius 3 is 2.17 bits per heavy atom. The summed E-state index contributed by atoms with van der Waals surface area (Å²) in [5.41, 5.74) is 1.01. The lowest BCUT2D eigenvalue weighted by molar-refractivity contribution is -0.142. The fourth-order valence-corrected chi connectivity index (χ4v) is 1.98. The van der Waals surface area contributed by atoms with Crippen LogP contribution >= 0.6 is 0 Å². The number of methoxy groups -OCH3 is 1. The van der Waals surface area contributed by atoms with Crippen molar-refractivity contribution in [3.63, 3.8) is 0 Å². The SMILES string of the molecule is COC(=O)COc1ccccc1OCc1ccc(OC(C)C)cc1. The molecule has 5 nitrogen and oxygen atoms in total. The van der Waals surface area contributed by atoms with Crippen molar-refractivity contribution in [2.45, 2.75) is 26.6 Å². The van der Waals surface area contributed by atoms with Crippen LogP contribution in [0.25, 0.3) is 0 Å². The summed E-state index contributed by atoms with van der Waals surface area (Å²) in [7, 11) is 1.32. The van der Waals surface area contributed by atoms with Gasteiger partial charge in [-0.3, -0.25) is 0 Å². The highest BCUT2D eigenvalue weighted by molar-refractivity contribution is 5.71. The molecule has 0 bridgehead atoms. The van der Waals surface area contributed by atoms with E-state index in [2.05, 4.69) is 4.74 Å². The van der Waals surface area contributed by atoms with Crippen molar-refractivity contribution in [2.75, 3.05) is 13.7 Å². The third-order valence-corrected chi connectivity index (χ3v) is 3.11. The predicted molar refractivity (Wildman–Crippen MR) is 90.5 cm³/mol. The lowest BCUT2D eigenvalue weighted by Gasteiger charge is -2.13. The van der Waals surface area contributed by atoms with Gasteiger partial charge in [0.2, 0.25) is 0 Å². The molecule has 0 aliphatic carbocycles. The average molecular weight is 330 g/mol. The molecule has 0 unspecified atom stereocenters. The highest BCUT2D eigenvalue weighted by atomic mass is 16.6. The van der Waals surface area contributed by atoms with Crippen LogP contribution in [0.5, 0.6) is 17.2 Å². The van der Waals surface area contributed by atoms with Gasteiger partial charge in [0, 0.05) is 0 Å². The van der Waals surface area contributed by atoms with Crippen molar-refractivity contribution in [3.05, 3.63) is 54.1 Å². The van der Waals surface area contributed by atoms with Crippen LogP contribution in [0.15, 0.2) is 48.5 Å². The number of para-hydroxylation sites is 2. The molecule has 0 N–H and O–H groups in total. The number of hydrogen-bond donors (Lipinski definition) is 0. The molecule has 0 heterocycles. The van der Waals surface area contributed by atoms with Crippen LogP contribution in [0.4, 0.5) is 0 Å². The van der Waals surface area contributed by atoms with Crippen molar-refractivity contribution in [1.29, 1.82) is 0 Å². The Hall–Kier alpha value is -2.69. The van der Waals surface area contributed by atoms with Gasteiger partial charge >= 0.3 is 5.97 Å². The third kappa shape index (κ3) is 5.50. The van der Waals surface area contributed by atoms with E-state index in [1.807, 2.05) is 50.2 Å². The summed E-state index contributed by atoms with van der Waals surface area (Å²) in [5.74, 6) is 1.47. The lowest BCUT2D eigenvalue weighted by Crippen LogP contribution is -2.13. The third-order valence-electron chi connectivity index (χ3n) is 3.11. The van der Waals surface area contributed by atoms with Gasteiger partial charge in [-0.1, -0.05) is 24.3 Å². The first-order valence-electron chi connectivity index (χ1n) is 7.75. The van der Waals surface area contributed by atoms with Gasteiger partial charge < -0.3 is 18.9 Å². The molecule has 0 aliphatic rings. The molecule has 0 saturated carbocycles. The van der Waals surface area contributed by atoms with E-state index >= 15 is 0 Å². The zero-order valence-corrected chi connectivity index (χ0v) is 14.2. The number of carbonyl (C=O) groups excluding carboxylic acids is 1. The maximum absolute atomic E-state index is 11.2.